The van der Waals surface area contributed by atoms with Crippen LogP contribution in [0.25, 0.3) is 0 Å². The maximum Gasteiger partial charge on any atom is 0.308 e. The molecule has 2 nitrogen and oxygen atoms in total. The van der Waals surface area contributed by atoms with Crippen molar-refractivity contribution in [2.45, 2.75) is 129 Å². The zero-order chi connectivity index (χ0) is 22.4. The maximum atomic E-state index is 12.7. The minimum absolute atomic E-state index is 0.0742. The van der Waals surface area contributed by atoms with Crippen LogP contribution in [0.2, 0.25) is 0 Å². The van der Waals surface area contributed by atoms with Crippen molar-refractivity contribution in [1.82, 2.24) is 0 Å². The van der Waals surface area contributed by atoms with Crippen molar-refractivity contribution in [3.63, 3.8) is 0 Å². The largest absolute Gasteiger partial charge is 0.465 e. The van der Waals surface area contributed by atoms with Gasteiger partial charge in [-0.05, 0) is 44.1 Å². The van der Waals surface area contributed by atoms with E-state index in [2.05, 4.69) is 44.2 Å². The normalized spacial score (nSPS) is 11.2. The number of aryl methyl sites for hydroxylation is 1. The summed E-state index contributed by atoms with van der Waals surface area (Å²) in [6.45, 7) is 5.11. The Kier molecular flexibility index (Phi) is 18.4. The first-order valence-electron chi connectivity index (χ1n) is 13.5. The molecule has 0 amide bonds. The first-order chi connectivity index (χ1) is 15.3. The molecule has 0 N–H and O–H groups in total. The summed E-state index contributed by atoms with van der Waals surface area (Å²) in [6.07, 6.45) is 21.9. The van der Waals surface area contributed by atoms with Crippen molar-refractivity contribution in [2.24, 2.45) is 5.92 Å². The standard InChI is InChI=1S/C29H50O2/c1-3-5-7-9-11-18-24-28(25-19-12-10-8-6-4-2)29(30)31-26-20-14-17-23-27-21-15-13-16-22-27/h13,15-16,21-22,28H,3-12,14,17-20,23-26H2,1-2H3. The number of ether oxygens (including phenoxy) is 1. The van der Waals surface area contributed by atoms with Crippen LogP contribution < -0.4 is 0 Å². The molecule has 0 unspecified atom stereocenters. The Bertz CT molecular complexity index is 495. The Morgan fingerprint density at radius 1 is 0.677 bits per heavy atom. The molecule has 31 heavy (non-hydrogen) atoms. The number of carbonyl (C=O) groups excluding carboxylic acids is 1. The Labute approximate surface area is 193 Å². The summed E-state index contributed by atoms with van der Waals surface area (Å²) in [7, 11) is 0. The van der Waals surface area contributed by atoms with E-state index in [1.54, 1.807) is 0 Å². The topological polar surface area (TPSA) is 26.3 Å². The molecule has 0 radical (unpaired) electrons. The van der Waals surface area contributed by atoms with Crippen LogP contribution in [0.5, 0.6) is 0 Å². The van der Waals surface area contributed by atoms with Gasteiger partial charge in [0.1, 0.15) is 0 Å². The molecule has 0 aliphatic rings. The van der Waals surface area contributed by atoms with Crippen LogP contribution >= 0.6 is 0 Å². The van der Waals surface area contributed by atoms with Gasteiger partial charge in [0, 0.05) is 0 Å². The fraction of sp³-hybridized carbons (Fsp3) is 0.759. The number of hydrogen-bond acceptors (Lipinski definition) is 2. The number of hydrogen-bond donors (Lipinski definition) is 0. The van der Waals surface area contributed by atoms with Gasteiger partial charge in [0.25, 0.3) is 0 Å². The van der Waals surface area contributed by atoms with E-state index in [1.165, 1.54) is 89.0 Å². The maximum absolute atomic E-state index is 12.7. The molecular formula is C29H50O2. The number of rotatable bonds is 21. The van der Waals surface area contributed by atoms with E-state index in [0.29, 0.717) is 6.61 Å². The second kappa shape index (κ2) is 20.6. The van der Waals surface area contributed by atoms with E-state index in [1.807, 2.05) is 0 Å². The monoisotopic (exact) mass is 430 g/mol. The molecule has 0 aliphatic heterocycles. The van der Waals surface area contributed by atoms with Crippen LogP contribution in [0.1, 0.15) is 129 Å². The number of unbranched alkanes of at least 4 members (excludes halogenated alkanes) is 12. The molecule has 0 saturated carbocycles. The van der Waals surface area contributed by atoms with Gasteiger partial charge in [-0.3, -0.25) is 4.79 Å². The minimum atomic E-state index is 0.0742. The molecule has 0 aromatic heterocycles. The Morgan fingerprint density at radius 2 is 1.19 bits per heavy atom. The summed E-state index contributed by atoms with van der Waals surface area (Å²) in [4.78, 5) is 12.7. The Hall–Kier alpha value is -1.31. The molecule has 0 heterocycles. The summed E-state index contributed by atoms with van der Waals surface area (Å²) < 4.78 is 5.71. The summed E-state index contributed by atoms with van der Waals surface area (Å²) in [5.41, 5.74) is 1.40. The highest BCUT2D eigenvalue weighted by molar-refractivity contribution is 5.72. The van der Waals surface area contributed by atoms with Crippen molar-refractivity contribution >= 4 is 5.97 Å². The Balaban J connectivity index is 2.21. The highest BCUT2D eigenvalue weighted by atomic mass is 16.5. The summed E-state index contributed by atoms with van der Waals surface area (Å²) in [5, 5.41) is 0. The number of carbonyl (C=O) groups is 1. The van der Waals surface area contributed by atoms with Gasteiger partial charge in [0.15, 0.2) is 0 Å². The number of benzene rings is 1. The van der Waals surface area contributed by atoms with Gasteiger partial charge in [-0.2, -0.15) is 0 Å². The summed E-state index contributed by atoms with van der Waals surface area (Å²) >= 11 is 0. The van der Waals surface area contributed by atoms with Gasteiger partial charge >= 0.3 is 5.97 Å². The fourth-order valence-corrected chi connectivity index (χ4v) is 4.27. The zero-order valence-electron chi connectivity index (χ0n) is 20.7. The lowest BCUT2D eigenvalue weighted by Gasteiger charge is -2.16. The SMILES string of the molecule is CCCCCCCCC(CCCCCCCC)C(=O)OCCCCCc1ccccc1. The molecule has 1 rings (SSSR count). The predicted molar refractivity (Wildman–Crippen MR) is 134 cm³/mol. The van der Waals surface area contributed by atoms with E-state index in [-0.39, 0.29) is 11.9 Å². The first kappa shape index (κ1) is 27.7. The van der Waals surface area contributed by atoms with Crippen molar-refractivity contribution in [3.8, 4) is 0 Å². The van der Waals surface area contributed by atoms with E-state index >= 15 is 0 Å². The zero-order valence-corrected chi connectivity index (χ0v) is 20.7. The highest BCUT2D eigenvalue weighted by Crippen LogP contribution is 2.21. The highest BCUT2D eigenvalue weighted by Gasteiger charge is 2.19. The fourth-order valence-electron chi connectivity index (χ4n) is 4.27. The second-order valence-corrected chi connectivity index (χ2v) is 9.27. The predicted octanol–water partition coefficient (Wildman–Crippen LogP) is 9.06. The molecule has 0 atom stereocenters. The average Bonchev–Trinajstić information content (AvgIpc) is 2.79. The van der Waals surface area contributed by atoms with Crippen LogP contribution in [0.4, 0.5) is 0 Å². The smallest absolute Gasteiger partial charge is 0.308 e. The quantitative estimate of drug-likeness (QED) is 0.144. The van der Waals surface area contributed by atoms with Gasteiger partial charge < -0.3 is 4.74 Å². The van der Waals surface area contributed by atoms with Gasteiger partial charge in [0.2, 0.25) is 0 Å². The van der Waals surface area contributed by atoms with E-state index in [9.17, 15) is 4.79 Å². The molecule has 0 fully saturated rings. The molecule has 0 bridgehead atoms. The van der Waals surface area contributed by atoms with E-state index in [4.69, 9.17) is 4.74 Å². The lowest BCUT2D eigenvalue weighted by molar-refractivity contribution is -0.149. The Morgan fingerprint density at radius 3 is 1.77 bits per heavy atom. The summed E-state index contributed by atoms with van der Waals surface area (Å²) in [5.74, 6) is 0.201. The molecule has 0 aliphatic carbocycles. The summed E-state index contributed by atoms with van der Waals surface area (Å²) in [6, 6.07) is 10.6. The molecule has 178 valence electrons. The van der Waals surface area contributed by atoms with Crippen molar-refractivity contribution in [3.05, 3.63) is 35.9 Å². The van der Waals surface area contributed by atoms with E-state index < -0.39 is 0 Å². The lowest BCUT2D eigenvalue weighted by Crippen LogP contribution is -2.18. The van der Waals surface area contributed by atoms with Gasteiger partial charge in [-0.25, -0.2) is 0 Å². The lowest BCUT2D eigenvalue weighted by atomic mass is 9.94. The molecule has 1 aromatic carbocycles. The third-order valence-corrected chi connectivity index (χ3v) is 6.34. The van der Waals surface area contributed by atoms with E-state index in [0.717, 1.165) is 32.1 Å². The van der Waals surface area contributed by atoms with Crippen LogP contribution in [-0.2, 0) is 16.0 Å². The molecular weight excluding hydrogens is 380 g/mol. The van der Waals surface area contributed by atoms with Crippen molar-refractivity contribution < 1.29 is 9.53 Å². The van der Waals surface area contributed by atoms with Crippen molar-refractivity contribution in [1.29, 1.82) is 0 Å². The van der Waals surface area contributed by atoms with Gasteiger partial charge in [-0.1, -0.05) is 121 Å². The second-order valence-electron chi connectivity index (χ2n) is 9.27. The first-order valence-corrected chi connectivity index (χ1v) is 13.5. The molecule has 1 aromatic rings. The van der Waals surface area contributed by atoms with Crippen LogP contribution in [-0.4, -0.2) is 12.6 Å². The minimum Gasteiger partial charge on any atom is -0.465 e. The molecule has 0 spiro atoms. The third-order valence-electron chi connectivity index (χ3n) is 6.34. The molecule has 2 heteroatoms. The number of esters is 1. The van der Waals surface area contributed by atoms with Crippen LogP contribution in [0.3, 0.4) is 0 Å². The van der Waals surface area contributed by atoms with Crippen LogP contribution in [0, 0.1) is 5.92 Å². The van der Waals surface area contributed by atoms with Gasteiger partial charge in [0.05, 0.1) is 12.5 Å². The van der Waals surface area contributed by atoms with Gasteiger partial charge in [-0.15, -0.1) is 0 Å². The average molecular weight is 431 g/mol. The third kappa shape index (κ3) is 16.0. The van der Waals surface area contributed by atoms with Crippen molar-refractivity contribution in [2.75, 3.05) is 6.61 Å². The van der Waals surface area contributed by atoms with Crippen LogP contribution in [0.15, 0.2) is 30.3 Å². The molecule has 0 saturated heterocycles.